The van der Waals surface area contributed by atoms with Crippen LogP contribution in [0.1, 0.15) is 31.7 Å². The largest absolute Gasteiger partial charge is 0.434 e. The van der Waals surface area contributed by atoms with Crippen LogP contribution in [0, 0.1) is 11.6 Å². The summed E-state index contributed by atoms with van der Waals surface area (Å²) in [7, 11) is 0. The highest BCUT2D eigenvalue weighted by Crippen LogP contribution is 2.30. The van der Waals surface area contributed by atoms with Gasteiger partial charge in [-0.2, -0.15) is 0 Å². The van der Waals surface area contributed by atoms with E-state index < -0.39 is 17.6 Å². The molecule has 0 aliphatic heterocycles. The van der Waals surface area contributed by atoms with Crippen LogP contribution in [0.4, 0.5) is 8.78 Å². The molecule has 4 nitrogen and oxygen atoms in total. The van der Waals surface area contributed by atoms with E-state index in [2.05, 4.69) is 9.97 Å². The molecule has 3 rings (SSSR count). The molecule has 1 heterocycles. The molecule has 3 aromatic rings. The molecule has 0 radical (unpaired) electrons. The van der Waals surface area contributed by atoms with Gasteiger partial charge in [0.1, 0.15) is 11.3 Å². The van der Waals surface area contributed by atoms with Crippen molar-refractivity contribution in [2.24, 2.45) is 0 Å². The predicted octanol–water partition coefficient (Wildman–Crippen LogP) is 4.78. The average Bonchev–Trinajstić information content (AvgIpc) is 2.62. The van der Waals surface area contributed by atoms with E-state index in [1.807, 2.05) is 0 Å². The van der Waals surface area contributed by atoms with Crippen molar-refractivity contribution in [2.75, 3.05) is 0 Å². The first-order chi connectivity index (χ1) is 12.0. The molecule has 1 unspecified atom stereocenters. The maximum absolute atomic E-state index is 14.7. The Balaban J connectivity index is 1.94. The molecule has 1 atom stereocenters. The number of ketones is 1. The monoisotopic (exact) mass is 342 g/mol. The summed E-state index contributed by atoms with van der Waals surface area (Å²) in [6.07, 6.45) is 1.56. The summed E-state index contributed by atoms with van der Waals surface area (Å²) in [5.41, 5.74) is 0.693. The Hall–Kier alpha value is -2.89. The highest BCUT2D eigenvalue weighted by molar-refractivity contribution is 5.85. The quantitative estimate of drug-likeness (QED) is 0.669. The van der Waals surface area contributed by atoms with E-state index in [-0.39, 0.29) is 28.5 Å². The van der Waals surface area contributed by atoms with Crippen molar-refractivity contribution >= 4 is 16.8 Å². The Kier molecular flexibility index (Phi) is 4.70. The number of para-hydroxylation sites is 1. The number of carbonyl (C=O) groups is 1. The van der Waals surface area contributed by atoms with Crippen LogP contribution in [0.3, 0.4) is 0 Å². The maximum atomic E-state index is 14.7. The van der Waals surface area contributed by atoms with E-state index in [4.69, 9.17) is 4.74 Å². The zero-order valence-corrected chi connectivity index (χ0v) is 13.8. The molecule has 0 N–H and O–H groups in total. The van der Waals surface area contributed by atoms with E-state index in [0.29, 0.717) is 11.9 Å². The Morgan fingerprint density at radius 3 is 2.72 bits per heavy atom. The number of carbonyl (C=O) groups excluding carboxylic acids is 1. The molecular formula is C19H16F2N2O2. The number of aromatic nitrogens is 2. The summed E-state index contributed by atoms with van der Waals surface area (Å²) >= 11 is 0. The second-order valence-electron chi connectivity index (χ2n) is 5.62. The molecule has 0 amide bonds. The van der Waals surface area contributed by atoms with Gasteiger partial charge in [0.15, 0.2) is 17.4 Å². The Morgan fingerprint density at radius 2 is 1.96 bits per heavy atom. The fourth-order valence-corrected chi connectivity index (χ4v) is 2.57. The molecule has 25 heavy (non-hydrogen) atoms. The van der Waals surface area contributed by atoms with Crippen LogP contribution >= 0.6 is 0 Å². The van der Waals surface area contributed by atoms with Crippen molar-refractivity contribution in [3.8, 4) is 11.6 Å². The molecule has 128 valence electrons. The lowest BCUT2D eigenvalue weighted by Gasteiger charge is -2.13. The highest BCUT2D eigenvalue weighted by atomic mass is 19.1. The smallest absolute Gasteiger partial charge is 0.238 e. The lowest BCUT2D eigenvalue weighted by Crippen LogP contribution is -2.10. The van der Waals surface area contributed by atoms with E-state index in [1.165, 1.54) is 24.4 Å². The Morgan fingerprint density at radius 1 is 1.20 bits per heavy atom. The summed E-state index contributed by atoms with van der Waals surface area (Å²) in [5.74, 6) is -1.74. The fraction of sp³-hybridized carbons (Fsp3) is 0.211. The average molecular weight is 342 g/mol. The van der Waals surface area contributed by atoms with Crippen LogP contribution in [0.15, 0.2) is 42.6 Å². The zero-order valence-electron chi connectivity index (χ0n) is 13.8. The molecule has 0 aliphatic rings. The molecule has 0 fully saturated rings. The first kappa shape index (κ1) is 17.0. The third-order valence-electron chi connectivity index (χ3n) is 4.01. The van der Waals surface area contributed by atoms with Gasteiger partial charge in [-0.3, -0.25) is 4.79 Å². The van der Waals surface area contributed by atoms with Crippen LogP contribution in [-0.4, -0.2) is 15.8 Å². The number of fused-ring (bicyclic) bond motifs is 1. The molecule has 0 spiro atoms. The highest BCUT2D eigenvalue weighted by Gasteiger charge is 2.20. The Bertz CT molecular complexity index is 944. The van der Waals surface area contributed by atoms with Gasteiger partial charge in [0, 0.05) is 17.9 Å². The van der Waals surface area contributed by atoms with Gasteiger partial charge < -0.3 is 4.74 Å². The molecule has 2 aromatic carbocycles. The van der Waals surface area contributed by atoms with Crippen LogP contribution in [-0.2, 0) is 4.79 Å². The molecule has 0 bridgehead atoms. The lowest BCUT2D eigenvalue weighted by atomic mass is 9.94. The maximum Gasteiger partial charge on any atom is 0.238 e. The predicted molar refractivity (Wildman–Crippen MR) is 89.7 cm³/mol. The van der Waals surface area contributed by atoms with Crippen LogP contribution in [0.2, 0.25) is 0 Å². The van der Waals surface area contributed by atoms with Crippen LogP contribution in [0.25, 0.3) is 11.0 Å². The van der Waals surface area contributed by atoms with Crippen molar-refractivity contribution in [3.05, 3.63) is 59.8 Å². The summed E-state index contributed by atoms with van der Waals surface area (Å²) in [6.45, 7) is 3.40. The van der Waals surface area contributed by atoms with Gasteiger partial charge in [0.2, 0.25) is 5.88 Å². The van der Waals surface area contributed by atoms with E-state index in [9.17, 15) is 13.6 Å². The second-order valence-corrected chi connectivity index (χ2v) is 5.62. The summed E-state index contributed by atoms with van der Waals surface area (Å²) in [4.78, 5) is 20.0. The second kappa shape index (κ2) is 6.93. The number of rotatable bonds is 5. The number of hydrogen-bond donors (Lipinski definition) is 0. The SMILES string of the molecule is CCC(=O)C(C)c1cccc(Oc2cnc3c(F)cccc3n2)c1F. The van der Waals surface area contributed by atoms with E-state index >= 15 is 0 Å². The minimum atomic E-state index is -0.613. The number of Topliss-reactive ketones (excluding diaryl/α,β-unsaturated/α-hetero) is 1. The van der Waals surface area contributed by atoms with Crippen LogP contribution < -0.4 is 4.74 Å². The summed E-state index contributed by atoms with van der Waals surface area (Å²) in [5, 5.41) is 0. The van der Waals surface area contributed by atoms with Crippen molar-refractivity contribution in [3.63, 3.8) is 0 Å². The van der Waals surface area contributed by atoms with Gasteiger partial charge in [0.05, 0.1) is 11.7 Å². The van der Waals surface area contributed by atoms with Gasteiger partial charge >= 0.3 is 0 Å². The zero-order chi connectivity index (χ0) is 18.0. The molecular weight excluding hydrogens is 326 g/mol. The third-order valence-corrected chi connectivity index (χ3v) is 4.01. The first-order valence-electron chi connectivity index (χ1n) is 7.91. The van der Waals surface area contributed by atoms with Crippen LogP contribution in [0.5, 0.6) is 11.6 Å². The van der Waals surface area contributed by atoms with Gasteiger partial charge in [-0.25, -0.2) is 18.7 Å². The number of ether oxygens (including phenoxy) is 1. The minimum Gasteiger partial charge on any atom is -0.434 e. The number of hydrogen-bond acceptors (Lipinski definition) is 4. The number of benzene rings is 2. The number of nitrogens with zero attached hydrogens (tertiary/aromatic N) is 2. The summed E-state index contributed by atoms with van der Waals surface area (Å²) < 4.78 is 33.8. The molecule has 0 saturated heterocycles. The van der Waals surface area contributed by atoms with Crippen molar-refractivity contribution in [1.82, 2.24) is 9.97 Å². The fourth-order valence-electron chi connectivity index (χ4n) is 2.57. The third kappa shape index (κ3) is 3.33. The topological polar surface area (TPSA) is 52.1 Å². The molecule has 0 saturated carbocycles. The van der Waals surface area contributed by atoms with Gasteiger partial charge in [-0.05, 0) is 18.2 Å². The van der Waals surface area contributed by atoms with Gasteiger partial charge in [-0.15, -0.1) is 0 Å². The minimum absolute atomic E-state index is 0.0450. The van der Waals surface area contributed by atoms with Gasteiger partial charge in [0.25, 0.3) is 0 Å². The normalized spacial score (nSPS) is 12.2. The lowest BCUT2D eigenvalue weighted by molar-refractivity contribution is -0.119. The van der Waals surface area contributed by atoms with Gasteiger partial charge in [-0.1, -0.05) is 32.0 Å². The summed E-state index contributed by atoms with van der Waals surface area (Å²) in [6, 6.07) is 9.00. The van der Waals surface area contributed by atoms with Crippen molar-refractivity contribution in [2.45, 2.75) is 26.2 Å². The molecule has 0 aliphatic carbocycles. The van der Waals surface area contributed by atoms with Crippen molar-refractivity contribution < 1.29 is 18.3 Å². The first-order valence-corrected chi connectivity index (χ1v) is 7.91. The van der Waals surface area contributed by atoms with E-state index in [0.717, 1.165) is 0 Å². The molecule has 6 heteroatoms. The standard InChI is InChI=1S/C19H16F2N2O2/c1-3-15(24)11(2)12-6-4-9-16(18(12)21)25-17-10-22-19-13(20)7-5-8-14(19)23-17/h4-11H,3H2,1-2H3. The van der Waals surface area contributed by atoms with Crippen molar-refractivity contribution in [1.29, 1.82) is 0 Å². The van der Waals surface area contributed by atoms with E-state index in [1.54, 1.807) is 32.0 Å². The Labute approximate surface area is 143 Å². The molecule has 1 aromatic heterocycles. The number of halogens is 2.